The van der Waals surface area contributed by atoms with E-state index in [4.69, 9.17) is 4.74 Å². The number of hydrogen-bond donors (Lipinski definition) is 1. The van der Waals surface area contributed by atoms with Crippen LogP contribution in [0.3, 0.4) is 0 Å². The van der Waals surface area contributed by atoms with Gasteiger partial charge in [-0.05, 0) is 37.5 Å². The smallest absolute Gasteiger partial charge is 0.322 e. The molecule has 2 rings (SSSR count). The van der Waals surface area contributed by atoms with Gasteiger partial charge in [0.2, 0.25) is 10.0 Å². The number of carboxylic acids is 1. The van der Waals surface area contributed by atoms with Crippen molar-refractivity contribution in [2.75, 3.05) is 19.9 Å². The Morgan fingerprint density at radius 2 is 1.92 bits per heavy atom. The van der Waals surface area contributed by atoms with Crippen molar-refractivity contribution in [2.24, 2.45) is 0 Å². The van der Waals surface area contributed by atoms with E-state index in [1.54, 1.807) is 0 Å². The summed E-state index contributed by atoms with van der Waals surface area (Å²) < 4.78 is 55.3. The summed E-state index contributed by atoms with van der Waals surface area (Å²) in [6.45, 7) is 0.0611. The Labute approximate surface area is 141 Å². The number of carbonyl (C=O) groups is 1. The number of methoxy groups -OCH3 is 1. The highest BCUT2D eigenvalue weighted by Gasteiger charge is 2.39. The molecule has 8 nitrogen and oxygen atoms in total. The Morgan fingerprint density at radius 3 is 2.46 bits per heavy atom. The second-order valence-electron chi connectivity index (χ2n) is 5.55. The van der Waals surface area contributed by atoms with E-state index >= 15 is 0 Å². The van der Waals surface area contributed by atoms with Gasteiger partial charge in [0.1, 0.15) is 16.7 Å². The highest BCUT2D eigenvalue weighted by atomic mass is 32.2. The molecule has 24 heavy (non-hydrogen) atoms. The van der Waals surface area contributed by atoms with E-state index in [-0.39, 0.29) is 28.5 Å². The van der Waals surface area contributed by atoms with Crippen LogP contribution in [0.2, 0.25) is 0 Å². The summed E-state index contributed by atoms with van der Waals surface area (Å²) in [5.41, 5.74) is 0. The van der Waals surface area contributed by atoms with Crippen molar-refractivity contribution in [3.63, 3.8) is 0 Å². The van der Waals surface area contributed by atoms with Crippen molar-refractivity contribution in [1.29, 1.82) is 0 Å². The average Bonchev–Trinajstić information content (AvgIpc) is 2.53. The number of ether oxygens (including phenoxy) is 1. The van der Waals surface area contributed by atoms with Gasteiger partial charge in [-0.15, -0.1) is 0 Å². The van der Waals surface area contributed by atoms with E-state index < -0.39 is 31.9 Å². The topological polar surface area (TPSA) is 118 Å². The molecule has 1 aliphatic heterocycles. The molecule has 1 heterocycles. The van der Waals surface area contributed by atoms with Crippen molar-refractivity contribution in [3.05, 3.63) is 18.2 Å². The summed E-state index contributed by atoms with van der Waals surface area (Å²) in [4.78, 5) is 10.9. The fraction of sp³-hybridized carbons (Fsp3) is 0.500. The lowest BCUT2D eigenvalue weighted by atomic mass is 10.1. The van der Waals surface area contributed by atoms with Gasteiger partial charge in [0.05, 0.1) is 12.0 Å². The molecule has 0 amide bonds. The molecule has 10 heteroatoms. The number of hydrogen-bond acceptors (Lipinski definition) is 6. The number of benzene rings is 1. The fourth-order valence-corrected chi connectivity index (χ4v) is 5.21. The lowest BCUT2D eigenvalue weighted by Crippen LogP contribution is -2.47. The van der Waals surface area contributed by atoms with Crippen molar-refractivity contribution in [1.82, 2.24) is 4.31 Å². The van der Waals surface area contributed by atoms with Gasteiger partial charge >= 0.3 is 5.97 Å². The maximum absolute atomic E-state index is 12.9. The van der Waals surface area contributed by atoms with Gasteiger partial charge in [-0.3, -0.25) is 4.79 Å². The second-order valence-corrected chi connectivity index (χ2v) is 9.43. The van der Waals surface area contributed by atoms with Gasteiger partial charge in [-0.1, -0.05) is 0 Å². The van der Waals surface area contributed by atoms with Crippen molar-refractivity contribution in [3.8, 4) is 5.75 Å². The highest BCUT2D eigenvalue weighted by molar-refractivity contribution is 7.91. The first-order valence-electron chi connectivity index (χ1n) is 7.22. The van der Waals surface area contributed by atoms with Crippen LogP contribution in [0.4, 0.5) is 0 Å². The van der Waals surface area contributed by atoms with Crippen molar-refractivity contribution >= 4 is 25.8 Å². The molecule has 1 aromatic carbocycles. The third-order valence-electron chi connectivity index (χ3n) is 3.89. The van der Waals surface area contributed by atoms with Crippen LogP contribution in [0.25, 0.3) is 0 Å². The van der Waals surface area contributed by atoms with Crippen molar-refractivity contribution in [2.45, 2.75) is 35.1 Å². The van der Waals surface area contributed by atoms with Crippen LogP contribution in [0.5, 0.6) is 5.75 Å². The lowest BCUT2D eigenvalue weighted by Gasteiger charge is -2.32. The Hall–Kier alpha value is -1.65. The Kier molecular flexibility index (Phi) is 5.21. The molecule has 1 fully saturated rings. The number of sulfonamides is 1. The summed E-state index contributed by atoms with van der Waals surface area (Å²) in [5.74, 6) is -1.26. The molecule has 1 aliphatic rings. The molecule has 0 aromatic heterocycles. The van der Waals surface area contributed by atoms with E-state index in [0.29, 0.717) is 12.8 Å². The summed E-state index contributed by atoms with van der Waals surface area (Å²) in [7, 11) is -6.58. The predicted molar refractivity (Wildman–Crippen MR) is 85.3 cm³/mol. The van der Waals surface area contributed by atoms with E-state index in [1.165, 1.54) is 19.2 Å². The minimum Gasteiger partial charge on any atom is -0.495 e. The molecule has 1 saturated heterocycles. The summed E-state index contributed by atoms with van der Waals surface area (Å²) in [6.07, 6.45) is 2.33. The zero-order valence-electron chi connectivity index (χ0n) is 13.3. The highest BCUT2D eigenvalue weighted by Crippen LogP contribution is 2.32. The first-order chi connectivity index (χ1) is 11.1. The second kappa shape index (κ2) is 6.69. The van der Waals surface area contributed by atoms with Gasteiger partial charge in [0.15, 0.2) is 9.84 Å². The zero-order valence-corrected chi connectivity index (χ0v) is 14.9. The number of carboxylic acid groups (broad SMARTS) is 1. The monoisotopic (exact) mass is 377 g/mol. The van der Waals surface area contributed by atoms with E-state index in [1.807, 2.05) is 0 Å². The minimum absolute atomic E-state index is 0.0305. The normalized spacial score (nSPS) is 19.8. The Bertz CT molecular complexity index is 846. The lowest BCUT2D eigenvalue weighted by molar-refractivity contribution is -0.142. The predicted octanol–water partition coefficient (Wildman–Crippen LogP) is 0.726. The first-order valence-corrected chi connectivity index (χ1v) is 10.5. The van der Waals surface area contributed by atoms with Crippen LogP contribution in [0.15, 0.2) is 28.0 Å². The van der Waals surface area contributed by atoms with E-state index in [0.717, 1.165) is 16.6 Å². The summed E-state index contributed by atoms with van der Waals surface area (Å²) >= 11 is 0. The van der Waals surface area contributed by atoms with Crippen LogP contribution >= 0.6 is 0 Å². The molecule has 0 bridgehead atoms. The van der Waals surface area contributed by atoms with Crippen LogP contribution in [-0.4, -0.2) is 58.2 Å². The summed E-state index contributed by atoms with van der Waals surface area (Å²) in [5, 5.41) is 9.30. The molecule has 1 atom stereocenters. The van der Waals surface area contributed by atoms with Crippen LogP contribution < -0.4 is 4.74 Å². The van der Waals surface area contributed by atoms with Gasteiger partial charge in [0, 0.05) is 12.8 Å². The van der Waals surface area contributed by atoms with Crippen LogP contribution in [0.1, 0.15) is 19.3 Å². The molecular weight excluding hydrogens is 358 g/mol. The quantitative estimate of drug-likeness (QED) is 0.803. The number of piperidine rings is 1. The van der Waals surface area contributed by atoms with E-state index in [9.17, 15) is 26.7 Å². The molecule has 0 aliphatic carbocycles. The number of rotatable bonds is 5. The molecule has 0 radical (unpaired) electrons. The SMILES string of the molecule is COc1ccc(S(C)(=O)=O)cc1S(=O)(=O)N1CCCCC1C(=O)O. The van der Waals surface area contributed by atoms with Crippen LogP contribution in [-0.2, 0) is 24.7 Å². The van der Waals surface area contributed by atoms with Gasteiger partial charge in [-0.2, -0.15) is 4.31 Å². The zero-order chi connectivity index (χ0) is 18.1. The third-order valence-corrected chi connectivity index (χ3v) is 6.93. The molecule has 134 valence electrons. The first kappa shape index (κ1) is 18.7. The molecule has 0 spiro atoms. The molecular formula is C14H19NO7S2. The maximum Gasteiger partial charge on any atom is 0.322 e. The molecule has 1 unspecified atom stereocenters. The Morgan fingerprint density at radius 1 is 1.25 bits per heavy atom. The molecule has 1 aromatic rings. The van der Waals surface area contributed by atoms with Gasteiger partial charge in [0.25, 0.3) is 0 Å². The fourth-order valence-electron chi connectivity index (χ4n) is 2.66. The Balaban J connectivity index is 2.61. The molecule has 1 N–H and O–H groups in total. The molecule has 0 saturated carbocycles. The summed E-state index contributed by atoms with van der Waals surface area (Å²) in [6, 6.07) is 2.34. The average molecular weight is 377 g/mol. The number of nitrogens with zero attached hydrogens (tertiary/aromatic N) is 1. The minimum atomic E-state index is -4.22. The van der Waals surface area contributed by atoms with Gasteiger partial charge in [-0.25, -0.2) is 16.8 Å². The third kappa shape index (κ3) is 3.55. The largest absolute Gasteiger partial charge is 0.495 e. The van der Waals surface area contributed by atoms with Crippen molar-refractivity contribution < 1.29 is 31.5 Å². The standard InChI is InChI=1S/C14H19NO7S2/c1-22-12-7-6-10(23(2,18)19)9-13(12)24(20,21)15-8-4-3-5-11(15)14(16)17/h6-7,9,11H,3-5,8H2,1-2H3,(H,16,17). The number of sulfone groups is 1. The van der Waals surface area contributed by atoms with Crippen LogP contribution in [0, 0.1) is 0 Å². The maximum atomic E-state index is 12.9. The van der Waals surface area contributed by atoms with E-state index in [2.05, 4.69) is 0 Å². The number of aliphatic carboxylic acids is 1. The van der Waals surface area contributed by atoms with Gasteiger partial charge < -0.3 is 9.84 Å².